The van der Waals surface area contributed by atoms with Crippen LogP contribution in [0.4, 0.5) is 0 Å². The lowest BCUT2D eigenvalue weighted by atomic mass is 10.2. The van der Waals surface area contributed by atoms with Crippen molar-refractivity contribution in [2.75, 3.05) is 6.61 Å². The fraction of sp³-hybridized carbons (Fsp3) is 0.455. The third-order valence-electron chi connectivity index (χ3n) is 1.87. The first kappa shape index (κ1) is 10.6. The maximum atomic E-state index is 5.53. The lowest BCUT2D eigenvalue weighted by Crippen LogP contribution is -1.95. The molecule has 0 aliphatic rings. The summed E-state index contributed by atoms with van der Waals surface area (Å²) in [6.07, 6.45) is 2.08. The first-order valence-corrected chi connectivity index (χ1v) is 5.48. The molecule has 0 N–H and O–H groups in total. The Bertz CT molecular complexity index is 271. The van der Waals surface area contributed by atoms with E-state index >= 15 is 0 Å². The maximum Gasteiger partial charge on any atom is 0.119 e. The highest BCUT2D eigenvalue weighted by Crippen LogP contribution is 2.22. The van der Waals surface area contributed by atoms with Crippen molar-refractivity contribution in [3.8, 4) is 5.75 Å². The molecule has 0 saturated heterocycles. The van der Waals surface area contributed by atoms with Crippen LogP contribution in [0.15, 0.2) is 22.7 Å². The lowest BCUT2D eigenvalue weighted by Gasteiger charge is -2.07. The molecule has 72 valence electrons. The third kappa shape index (κ3) is 3.03. The molecular weight excluding hydrogens is 228 g/mol. The SMILES string of the molecule is CCCOc1ccc(Br)c(CC)c1. The zero-order valence-corrected chi connectivity index (χ0v) is 9.73. The summed E-state index contributed by atoms with van der Waals surface area (Å²) in [5.74, 6) is 0.974. The topological polar surface area (TPSA) is 9.23 Å². The molecule has 13 heavy (non-hydrogen) atoms. The lowest BCUT2D eigenvalue weighted by molar-refractivity contribution is 0.317. The number of hydrogen-bond donors (Lipinski definition) is 0. The van der Waals surface area contributed by atoms with Crippen LogP contribution in [0.1, 0.15) is 25.8 Å². The van der Waals surface area contributed by atoms with E-state index in [1.54, 1.807) is 0 Å². The number of aryl methyl sites for hydroxylation is 1. The minimum atomic E-state index is 0.796. The molecule has 0 radical (unpaired) electrons. The Morgan fingerprint density at radius 2 is 2.08 bits per heavy atom. The molecule has 0 aromatic heterocycles. The van der Waals surface area contributed by atoms with Gasteiger partial charge in [0.05, 0.1) is 6.61 Å². The fourth-order valence-electron chi connectivity index (χ4n) is 1.13. The molecule has 0 aliphatic heterocycles. The van der Waals surface area contributed by atoms with Gasteiger partial charge in [0.25, 0.3) is 0 Å². The predicted octanol–water partition coefficient (Wildman–Crippen LogP) is 3.80. The van der Waals surface area contributed by atoms with Crippen LogP contribution in [-0.2, 0) is 6.42 Å². The minimum Gasteiger partial charge on any atom is -0.494 e. The average Bonchev–Trinajstić information content (AvgIpc) is 2.16. The molecular formula is C11H15BrO. The van der Waals surface area contributed by atoms with Crippen LogP contribution < -0.4 is 4.74 Å². The van der Waals surface area contributed by atoms with E-state index in [9.17, 15) is 0 Å². The molecule has 0 fully saturated rings. The van der Waals surface area contributed by atoms with Gasteiger partial charge in [-0.3, -0.25) is 0 Å². The van der Waals surface area contributed by atoms with Gasteiger partial charge in [-0.1, -0.05) is 29.8 Å². The molecule has 0 amide bonds. The zero-order valence-electron chi connectivity index (χ0n) is 8.14. The van der Waals surface area contributed by atoms with Crippen LogP contribution >= 0.6 is 15.9 Å². The van der Waals surface area contributed by atoms with E-state index in [1.807, 2.05) is 12.1 Å². The van der Waals surface area contributed by atoms with E-state index in [4.69, 9.17) is 4.74 Å². The molecule has 0 aliphatic carbocycles. The van der Waals surface area contributed by atoms with Crippen molar-refractivity contribution < 1.29 is 4.74 Å². The Hall–Kier alpha value is -0.500. The number of ether oxygens (including phenoxy) is 1. The summed E-state index contributed by atoms with van der Waals surface area (Å²) in [5, 5.41) is 0. The van der Waals surface area contributed by atoms with Crippen molar-refractivity contribution in [3.63, 3.8) is 0 Å². The monoisotopic (exact) mass is 242 g/mol. The van der Waals surface area contributed by atoms with Crippen molar-refractivity contribution in [2.24, 2.45) is 0 Å². The fourth-order valence-corrected chi connectivity index (χ4v) is 1.66. The Balaban J connectivity index is 2.74. The molecule has 0 heterocycles. The van der Waals surface area contributed by atoms with E-state index in [0.717, 1.165) is 25.2 Å². The van der Waals surface area contributed by atoms with E-state index in [0.29, 0.717) is 0 Å². The average molecular weight is 243 g/mol. The first-order valence-electron chi connectivity index (χ1n) is 4.69. The van der Waals surface area contributed by atoms with Crippen LogP contribution in [0.5, 0.6) is 5.75 Å². The Morgan fingerprint density at radius 1 is 1.31 bits per heavy atom. The van der Waals surface area contributed by atoms with Gasteiger partial charge < -0.3 is 4.74 Å². The third-order valence-corrected chi connectivity index (χ3v) is 2.64. The highest BCUT2D eigenvalue weighted by molar-refractivity contribution is 9.10. The smallest absolute Gasteiger partial charge is 0.119 e. The molecule has 0 saturated carbocycles. The van der Waals surface area contributed by atoms with Gasteiger partial charge in [0.1, 0.15) is 5.75 Å². The maximum absolute atomic E-state index is 5.53. The summed E-state index contributed by atoms with van der Waals surface area (Å²) in [5.41, 5.74) is 1.30. The minimum absolute atomic E-state index is 0.796. The summed E-state index contributed by atoms with van der Waals surface area (Å²) in [4.78, 5) is 0. The Kier molecular flexibility index (Phi) is 4.29. The van der Waals surface area contributed by atoms with Crippen LogP contribution in [0.25, 0.3) is 0 Å². The normalized spacial score (nSPS) is 10.1. The second kappa shape index (κ2) is 5.28. The van der Waals surface area contributed by atoms with E-state index in [1.165, 1.54) is 10.0 Å². The van der Waals surface area contributed by atoms with Crippen LogP contribution in [0.2, 0.25) is 0 Å². The summed E-state index contributed by atoms with van der Waals surface area (Å²) in [7, 11) is 0. The van der Waals surface area contributed by atoms with Gasteiger partial charge in [-0.25, -0.2) is 0 Å². The highest BCUT2D eigenvalue weighted by atomic mass is 79.9. The van der Waals surface area contributed by atoms with Crippen LogP contribution in [0.3, 0.4) is 0 Å². The van der Waals surface area contributed by atoms with Crippen LogP contribution in [-0.4, -0.2) is 6.61 Å². The van der Waals surface area contributed by atoms with Crippen molar-refractivity contribution in [1.82, 2.24) is 0 Å². The second-order valence-corrected chi connectivity index (χ2v) is 3.81. The molecule has 1 aromatic carbocycles. The van der Waals surface area contributed by atoms with Gasteiger partial charge in [-0.15, -0.1) is 0 Å². The quantitative estimate of drug-likeness (QED) is 0.781. The van der Waals surface area contributed by atoms with Crippen molar-refractivity contribution in [2.45, 2.75) is 26.7 Å². The highest BCUT2D eigenvalue weighted by Gasteiger charge is 1.99. The van der Waals surface area contributed by atoms with Crippen molar-refractivity contribution >= 4 is 15.9 Å². The van der Waals surface area contributed by atoms with Crippen LogP contribution in [0, 0.1) is 0 Å². The molecule has 0 spiro atoms. The van der Waals surface area contributed by atoms with Gasteiger partial charge in [-0.2, -0.15) is 0 Å². The number of benzene rings is 1. The summed E-state index contributed by atoms with van der Waals surface area (Å²) >= 11 is 3.50. The van der Waals surface area contributed by atoms with Gasteiger partial charge in [0, 0.05) is 4.47 Å². The summed E-state index contributed by atoms with van der Waals surface area (Å²) in [6, 6.07) is 6.14. The van der Waals surface area contributed by atoms with Gasteiger partial charge in [0.15, 0.2) is 0 Å². The molecule has 1 nitrogen and oxygen atoms in total. The number of hydrogen-bond acceptors (Lipinski definition) is 1. The molecule has 2 heteroatoms. The molecule has 1 rings (SSSR count). The molecule has 0 unspecified atom stereocenters. The van der Waals surface area contributed by atoms with E-state index in [2.05, 4.69) is 35.8 Å². The van der Waals surface area contributed by atoms with Gasteiger partial charge >= 0.3 is 0 Å². The number of halogens is 1. The Morgan fingerprint density at radius 3 is 2.69 bits per heavy atom. The predicted molar refractivity (Wildman–Crippen MR) is 59.3 cm³/mol. The summed E-state index contributed by atoms with van der Waals surface area (Å²) < 4.78 is 6.70. The molecule has 0 bridgehead atoms. The summed E-state index contributed by atoms with van der Waals surface area (Å²) in [6.45, 7) is 5.05. The van der Waals surface area contributed by atoms with Crippen molar-refractivity contribution in [1.29, 1.82) is 0 Å². The second-order valence-electron chi connectivity index (χ2n) is 2.96. The van der Waals surface area contributed by atoms with Gasteiger partial charge in [-0.05, 0) is 36.6 Å². The van der Waals surface area contributed by atoms with Crippen molar-refractivity contribution in [3.05, 3.63) is 28.2 Å². The van der Waals surface area contributed by atoms with E-state index < -0.39 is 0 Å². The Labute approximate surface area is 88.2 Å². The van der Waals surface area contributed by atoms with E-state index in [-0.39, 0.29) is 0 Å². The first-order chi connectivity index (χ1) is 6.27. The number of rotatable bonds is 4. The zero-order chi connectivity index (χ0) is 9.68. The standard InChI is InChI=1S/C11H15BrO/c1-3-7-13-10-5-6-11(12)9(4-2)8-10/h5-6,8H,3-4,7H2,1-2H3. The molecule has 0 atom stereocenters. The van der Waals surface area contributed by atoms with Gasteiger partial charge in [0.2, 0.25) is 0 Å². The molecule has 1 aromatic rings. The largest absolute Gasteiger partial charge is 0.494 e.